The van der Waals surface area contributed by atoms with Crippen LogP contribution in [0.15, 0.2) is 104 Å². The Bertz CT molecular complexity index is 1330. The number of thiophene rings is 2. The summed E-state index contributed by atoms with van der Waals surface area (Å²) < 4.78 is 13.0. The molecule has 4 heterocycles. The first kappa shape index (κ1) is 28.7. The Morgan fingerprint density at radius 1 is 0.600 bits per heavy atom. The molecule has 0 fully saturated rings. The number of hydrogen-bond donors (Lipinski definition) is 0. The maximum Gasteiger partial charge on any atom is 0.0944 e. The number of hydrogen-bond acceptors (Lipinski definition) is 8. The van der Waals surface area contributed by atoms with Crippen LogP contribution in [0.4, 0.5) is 0 Å². The van der Waals surface area contributed by atoms with E-state index in [4.69, 9.17) is 9.47 Å². The first-order valence-corrected chi connectivity index (χ1v) is 18.5. The van der Waals surface area contributed by atoms with Crippen LogP contribution in [-0.2, 0) is 22.7 Å². The number of benzene rings is 2. The highest BCUT2D eigenvalue weighted by atomic mass is 32.2. The summed E-state index contributed by atoms with van der Waals surface area (Å²) in [6.07, 6.45) is 5.56. The molecule has 0 saturated heterocycles. The molecule has 0 amide bonds. The molecule has 8 heteroatoms. The zero-order valence-electron chi connectivity index (χ0n) is 22.0. The Kier molecular flexibility index (Phi) is 9.88. The molecule has 2 aromatic heterocycles. The van der Waals surface area contributed by atoms with Gasteiger partial charge in [0, 0.05) is 40.5 Å². The molecule has 0 saturated carbocycles. The fourth-order valence-electron chi connectivity index (χ4n) is 4.66. The zero-order chi connectivity index (χ0) is 27.3. The summed E-state index contributed by atoms with van der Waals surface area (Å²) in [5.74, 6) is 0. The van der Waals surface area contributed by atoms with E-state index in [0.717, 1.165) is 12.8 Å². The monoisotopic (exact) mass is 638 g/mol. The van der Waals surface area contributed by atoms with Crippen LogP contribution in [0.1, 0.15) is 42.9 Å². The Labute approximate surface area is 262 Å². The standard InChI is InChI=1S/C32H30O2S6/c1-3-5-15-33-17-21-19-35-29(31-37-23-11-7-8-12-24(23)38-31)27(21)28-22(18-34-16-6-4-2)20-36-30(28)32-39-25-13-9-10-14-26(25)40-32/h3-4,7-14,19-20,31-32H,1-2,5-6,15-18H2. The summed E-state index contributed by atoms with van der Waals surface area (Å²) in [4.78, 5) is 8.33. The van der Waals surface area contributed by atoms with E-state index >= 15 is 0 Å². The van der Waals surface area contributed by atoms with Gasteiger partial charge in [-0.2, -0.15) is 0 Å². The summed E-state index contributed by atoms with van der Waals surface area (Å²) in [6, 6.07) is 17.6. The zero-order valence-corrected chi connectivity index (χ0v) is 26.9. The van der Waals surface area contributed by atoms with Crippen LogP contribution in [0, 0.1) is 0 Å². The van der Waals surface area contributed by atoms with Crippen molar-refractivity contribution in [3.05, 3.63) is 105 Å². The number of thioether (sulfide) groups is 4. The van der Waals surface area contributed by atoms with Crippen molar-refractivity contribution in [1.82, 2.24) is 0 Å². The lowest BCUT2D eigenvalue weighted by Crippen LogP contribution is -2.01. The summed E-state index contributed by atoms with van der Waals surface area (Å²) in [7, 11) is 0. The van der Waals surface area contributed by atoms with Crippen molar-refractivity contribution in [2.45, 2.75) is 54.8 Å². The second kappa shape index (κ2) is 13.7. The quantitative estimate of drug-likeness (QED) is 0.106. The van der Waals surface area contributed by atoms with Crippen molar-refractivity contribution in [2.75, 3.05) is 13.2 Å². The van der Waals surface area contributed by atoms with Crippen LogP contribution in [0.5, 0.6) is 0 Å². The predicted molar refractivity (Wildman–Crippen MR) is 178 cm³/mol. The Balaban J connectivity index is 1.41. The van der Waals surface area contributed by atoms with E-state index in [1.54, 1.807) is 0 Å². The first-order chi connectivity index (χ1) is 19.8. The van der Waals surface area contributed by atoms with Gasteiger partial charge in [-0.25, -0.2) is 0 Å². The third kappa shape index (κ3) is 6.20. The van der Waals surface area contributed by atoms with Crippen molar-refractivity contribution in [2.24, 2.45) is 0 Å². The summed E-state index contributed by atoms with van der Waals surface area (Å²) in [6.45, 7) is 10.3. The second-order valence-corrected chi connectivity index (χ2v) is 16.3. The van der Waals surface area contributed by atoms with Gasteiger partial charge in [-0.05, 0) is 59.0 Å². The van der Waals surface area contributed by atoms with Crippen LogP contribution in [0.3, 0.4) is 0 Å². The molecule has 0 radical (unpaired) electrons. The maximum absolute atomic E-state index is 6.18. The first-order valence-electron chi connectivity index (χ1n) is 13.2. The van der Waals surface area contributed by atoms with Crippen molar-refractivity contribution in [3.8, 4) is 11.1 Å². The van der Waals surface area contributed by atoms with Gasteiger partial charge in [0.2, 0.25) is 0 Å². The second-order valence-electron chi connectivity index (χ2n) is 9.29. The highest BCUT2D eigenvalue weighted by molar-refractivity contribution is 8.19. The molecule has 0 unspecified atom stereocenters. The fraction of sp³-hybridized carbons (Fsp3) is 0.250. The lowest BCUT2D eigenvalue weighted by molar-refractivity contribution is 0.125. The molecule has 2 aliphatic rings. The van der Waals surface area contributed by atoms with Gasteiger partial charge in [-0.3, -0.25) is 0 Å². The van der Waals surface area contributed by atoms with Gasteiger partial charge in [-0.15, -0.1) is 82.9 Å². The minimum absolute atomic E-state index is 0.322. The van der Waals surface area contributed by atoms with Gasteiger partial charge in [0.25, 0.3) is 0 Å². The van der Waals surface area contributed by atoms with Gasteiger partial charge in [0.05, 0.1) is 35.6 Å². The lowest BCUT2D eigenvalue weighted by atomic mass is 9.99. The predicted octanol–water partition coefficient (Wildman–Crippen LogP) is 11.5. The average Bonchev–Trinajstić information content (AvgIpc) is 3.76. The third-order valence-corrected chi connectivity index (χ3v) is 15.0. The minimum Gasteiger partial charge on any atom is -0.376 e. The Hall–Kier alpha value is -1.36. The van der Waals surface area contributed by atoms with E-state index in [0.29, 0.717) is 35.6 Å². The molecule has 40 heavy (non-hydrogen) atoms. The van der Waals surface area contributed by atoms with Crippen LogP contribution in [0.2, 0.25) is 0 Å². The Morgan fingerprint density at radius 2 is 0.975 bits per heavy atom. The molecule has 4 aromatic rings. The highest BCUT2D eigenvalue weighted by Gasteiger charge is 2.34. The largest absolute Gasteiger partial charge is 0.376 e. The lowest BCUT2D eigenvalue weighted by Gasteiger charge is -2.17. The van der Waals surface area contributed by atoms with Gasteiger partial charge >= 0.3 is 0 Å². The molecule has 206 valence electrons. The Morgan fingerprint density at radius 3 is 1.32 bits per heavy atom. The van der Waals surface area contributed by atoms with Gasteiger partial charge in [0.15, 0.2) is 0 Å². The maximum atomic E-state index is 6.18. The summed E-state index contributed by atoms with van der Waals surface area (Å²) >= 11 is 11.7. The van der Waals surface area contributed by atoms with Crippen LogP contribution >= 0.6 is 69.7 Å². The average molecular weight is 639 g/mol. The highest BCUT2D eigenvalue weighted by Crippen LogP contribution is 2.63. The SMILES string of the molecule is C=CCCOCc1csc(C2Sc3ccccc3S2)c1-c1c(COCCC=C)csc1C1Sc2ccccc2S1. The molecular weight excluding hydrogens is 609 g/mol. The molecule has 0 N–H and O–H groups in total. The molecule has 2 aliphatic heterocycles. The smallest absolute Gasteiger partial charge is 0.0944 e. The topological polar surface area (TPSA) is 18.5 Å². The number of ether oxygens (including phenoxy) is 2. The van der Waals surface area contributed by atoms with E-state index in [9.17, 15) is 0 Å². The molecule has 0 bridgehead atoms. The number of fused-ring (bicyclic) bond motifs is 2. The van der Waals surface area contributed by atoms with Gasteiger partial charge < -0.3 is 9.47 Å². The summed E-state index contributed by atoms with van der Waals surface area (Å²) in [5.41, 5.74) is 5.27. The van der Waals surface area contributed by atoms with Crippen molar-refractivity contribution < 1.29 is 9.47 Å². The van der Waals surface area contributed by atoms with Crippen molar-refractivity contribution >= 4 is 69.7 Å². The van der Waals surface area contributed by atoms with Crippen molar-refractivity contribution in [1.29, 1.82) is 0 Å². The fourth-order valence-corrected chi connectivity index (χ4v) is 13.1. The number of rotatable bonds is 13. The third-order valence-electron chi connectivity index (χ3n) is 6.55. The van der Waals surface area contributed by atoms with Gasteiger partial charge in [-0.1, -0.05) is 36.4 Å². The van der Waals surface area contributed by atoms with Gasteiger partial charge in [0.1, 0.15) is 0 Å². The van der Waals surface area contributed by atoms with Crippen LogP contribution in [-0.4, -0.2) is 13.2 Å². The summed E-state index contributed by atoms with van der Waals surface area (Å²) in [5, 5.41) is 4.66. The molecule has 2 aromatic carbocycles. The van der Waals surface area contributed by atoms with E-state index in [-0.39, 0.29) is 0 Å². The molecule has 2 nitrogen and oxygen atoms in total. The van der Waals surface area contributed by atoms with Crippen molar-refractivity contribution in [3.63, 3.8) is 0 Å². The molecule has 0 spiro atoms. The molecule has 0 aliphatic carbocycles. The minimum atomic E-state index is 0.322. The molecule has 0 atom stereocenters. The van der Waals surface area contributed by atoms with Crippen LogP contribution in [0.25, 0.3) is 11.1 Å². The van der Waals surface area contributed by atoms with E-state index in [2.05, 4.69) is 72.4 Å². The molecular formula is C32H30O2S6. The van der Waals surface area contributed by atoms with Crippen LogP contribution < -0.4 is 0 Å². The molecule has 6 rings (SSSR count). The van der Waals surface area contributed by atoms with E-state index in [1.165, 1.54) is 51.6 Å². The van der Waals surface area contributed by atoms with E-state index in [1.807, 2.05) is 81.9 Å². The van der Waals surface area contributed by atoms with E-state index < -0.39 is 0 Å². The normalized spacial score (nSPS) is 14.9.